The van der Waals surface area contributed by atoms with Crippen LogP contribution in [0.15, 0.2) is 69.6 Å². The first-order valence-electron chi connectivity index (χ1n) is 8.71. The first-order valence-corrected chi connectivity index (χ1v) is 9.53. The number of rotatable bonds is 3. The van der Waals surface area contributed by atoms with E-state index < -0.39 is 11.7 Å². The van der Waals surface area contributed by atoms with Crippen LogP contribution in [0.1, 0.15) is 10.4 Å². The number of hydrogen-bond acceptors (Lipinski definition) is 4. The van der Waals surface area contributed by atoms with E-state index in [1.54, 1.807) is 42.6 Å². The largest absolute Gasteiger partial charge is 0.366 e. The number of fused-ring (bicyclic) bond motifs is 6. The molecule has 0 aliphatic carbocycles. The number of benzene rings is 3. The Balaban J connectivity index is 1.73. The lowest BCUT2D eigenvalue weighted by atomic mass is 10.0. The van der Waals surface area contributed by atoms with Crippen LogP contribution >= 0.6 is 11.8 Å². The fourth-order valence-corrected chi connectivity index (χ4v) is 4.26. The Hall–Kier alpha value is -3.65. The van der Waals surface area contributed by atoms with Crippen LogP contribution in [0.5, 0.6) is 0 Å². The highest BCUT2D eigenvalue weighted by Crippen LogP contribution is 2.35. The van der Waals surface area contributed by atoms with Gasteiger partial charge in [0.25, 0.3) is 5.56 Å². The van der Waals surface area contributed by atoms with E-state index in [0.29, 0.717) is 43.3 Å². The molecule has 6 nitrogen and oxygen atoms in total. The molecule has 0 aliphatic heterocycles. The standard InChI is InChI=1S/C21H13FN4O2S/c22-11-3-6-13-15(9-11)16-14(7-8-24-20(16)28)18-17(13)25-21(26-18)29-12-4-1-10(2-5-12)19(23)27/h1-9H,(H2,23,27)(H,24,28)(H,25,26). The van der Waals surface area contributed by atoms with Crippen molar-refractivity contribution in [1.29, 1.82) is 0 Å². The third-order valence-electron chi connectivity index (χ3n) is 4.77. The van der Waals surface area contributed by atoms with Crippen molar-refractivity contribution in [3.63, 3.8) is 0 Å². The van der Waals surface area contributed by atoms with Crippen molar-refractivity contribution in [2.75, 3.05) is 0 Å². The number of nitrogens with two attached hydrogens (primary N) is 1. The molecule has 5 rings (SSSR count). The van der Waals surface area contributed by atoms with Crippen molar-refractivity contribution in [2.24, 2.45) is 5.73 Å². The van der Waals surface area contributed by atoms with E-state index in [1.165, 1.54) is 23.9 Å². The van der Waals surface area contributed by atoms with Gasteiger partial charge in [0.15, 0.2) is 5.16 Å². The van der Waals surface area contributed by atoms with Crippen LogP contribution in [0, 0.1) is 5.82 Å². The van der Waals surface area contributed by atoms with Gasteiger partial charge in [-0.3, -0.25) is 9.59 Å². The molecular weight excluding hydrogens is 391 g/mol. The molecular formula is C21H13FN4O2S. The number of nitrogens with zero attached hydrogens (tertiary/aromatic N) is 1. The quantitative estimate of drug-likeness (QED) is 0.396. The maximum absolute atomic E-state index is 13.9. The van der Waals surface area contributed by atoms with Gasteiger partial charge in [-0.15, -0.1) is 0 Å². The van der Waals surface area contributed by atoms with Crippen molar-refractivity contribution < 1.29 is 9.18 Å². The molecule has 2 aromatic heterocycles. The summed E-state index contributed by atoms with van der Waals surface area (Å²) in [6.07, 6.45) is 1.56. The Labute approximate surface area is 166 Å². The number of amides is 1. The smallest absolute Gasteiger partial charge is 0.256 e. The zero-order chi connectivity index (χ0) is 20.1. The molecule has 0 saturated heterocycles. The highest BCUT2D eigenvalue weighted by Gasteiger charge is 2.16. The number of pyridine rings is 1. The number of halogens is 1. The van der Waals surface area contributed by atoms with Gasteiger partial charge in [-0.1, -0.05) is 11.8 Å². The SMILES string of the molecule is NC(=O)c1ccc(Sc2nc3c4ccc(F)cc4c4c(=O)[nH]ccc4c3[nH]2)cc1. The van der Waals surface area contributed by atoms with Crippen molar-refractivity contribution in [1.82, 2.24) is 15.0 Å². The number of hydrogen-bond donors (Lipinski definition) is 3. The van der Waals surface area contributed by atoms with Crippen LogP contribution in [0.2, 0.25) is 0 Å². The van der Waals surface area contributed by atoms with Gasteiger partial charge in [-0.05, 0) is 48.5 Å². The van der Waals surface area contributed by atoms with Crippen molar-refractivity contribution in [2.45, 2.75) is 10.1 Å². The maximum atomic E-state index is 13.9. The van der Waals surface area contributed by atoms with Crippen LogP contribution in [-0.2, 0) is 0 Å². The van der Waals surface area contributed by atoms with E-state index in [0.717, 1.165) is 4.90 Å². The Bertz CT molecular complexity index is 1490. The molecule has 0 aliphatic rings. The van der Waals surface area contributed by atoms with Gasteiger partial charge < -0.3 is 15.7 Å². The van der Waals surface area contributed by atoms with E-state index in [2.05, 4.69) is 15.0 Å². The fourth-order valence-electron chi connectivity index (χ4n) is 3.47. The molecule has 142 valence electrons. The molecule has 29 heavy (non-hydrogen) atoms. The molecule has 0 atom stereocenters. The summed E-state index contributed by atoms with van der Waals surface area (Å²) in [7, 11) is 0. The van der Waals surface area contributed by atoms with Crippen LogP contribution in [-0.4, -0.2) is 20.9 Å². The molecule has 0 spiro atoms. The van der Waals surface area contributed by atoms with Gasteiger partial charge in [0, 0.05) is 32.8 Å². The predicted molar refractivity (Wildman–Crippen MR) is 111 cm³/mol. The molecule has 0 saturated carbocycles. The summed E-state index contributed by atoms with van der Waals surface area (Å²) in [4.78, 5) is 35.2. The van der Waals surface area contributed by atoms with Crippen molar-refractivity contribution in [3.05, 3.63) is 76.5 Å². The normalized spacial score (nSPS) is 11.5. The lowest BCUT2D eigenvalue weighted by molar-refractivity contribution is 0.1000. The van der Waals surface area contributed by atoms with Crippen LogP contribution in [0.25, 0.3) is 32.6 Å². The second-order valence-electron chi connectivity index (χ2n) is 6.54. The zero-order valence-corrected chi connectivity index (χ0v) is 15.6. The first-order chi connectivity index (χ1) is 14.0. The number of nitrogens with one attached hydrogen (secondary N) is 2. The Morgan fingerprint density at radius 2 is 1.83 bits per heavy atom. The lowest BCUT2D eigenvalue weighted by Crippen LogP contribution is -2.10. The molecule has 2 heterocycles. The minimum atomic E-state index is -0.485. The van der Waals surface area contributed by atoms with E-state index in [1.807, 2.05) is 0 Å². The van der Waals surface area contributed by atoms with Crippen LogP contribution in [0.3, 0.4) is 0 Å². The third kappa shape index (κ3) is 2.85. The van der Waals surface area contributed by atoms with E-state index in [-0.39, 0.29) is 5.56 Å². The number of imidazole rings is 1. The van der Waals surface area contributed by atoms with E-state index >= 15 is 0 Å². The number of aromatic amines is 2. The van der Waals surface area contributed by atoms with Crippen molar-refractivity contribution in [3.8, 4) is 0 Å². The van der Waals surface area contributed by atoms with Gasteiger partial charge in [-0.25, -0.2) is 9.37 Å². The second-order valence-corrected chi connectivity index (χ2v) is 7.60. The molecule has 0 unspecified atom stereocenters. The predicted octanol–water partition coefficient (Wildman–Crippen LogP) is 3.95. The van der Waals surface area contributed by atoms with Crippen LogP contribution in [0.4, 0.5) is 4.39 Å². The average molecular weight is 404 g/mol. The molecule has 4 N–H and O–H groups in total. The molecule has 5 aromatic rings. The molecule has 0 fully saturated rings. The van der Waals surface area contributed by atoms with Crippen molar-refractivity contribution >= 4 is 50.2 Å². The van der Waals surface area contributed by atoms with Gasteiger partial charge in [0.1, 0.15) is 5.82 Å². The number of aromatic nitrogens is 3. The molecule has 8 heteroatoms. The minimum Gasteiger partial charge on any atom is -0.366 e. The lowest BCUT2D eigenvalue weighted by Gasteiger charge is -2.05. The number of carbonyl (C=O) groups is 1. The maximum Gasteiger partial charge on any atom is 0.256 e. The molecule has 1 amide bonds. The van der Waals surface area contributed by atoms with Crippen LogP contribution < -0.4 is 11.3 Å². The second kappa shape index (κ2) is 6.46. The highest BCUT2D eigenvalue weighted by atomic mass is 32.2. The summed E-state index contributed by atoms with van der Waals surface area (Å²) in [6.45, 7) is 0. The summed E-state index contributed by atoms with van der Waals surface area (Å²) in [5.74, 6) is -0.901. The summed E-state index contributed by atoms with van der Waals surface area (Å²) in [5.41, 5.74) is 6.79. The summed E-state index contributed by atoms with van der Waals surface area (Å²) in [6, 6.07) is 13.0. The summed E-state index contributed by atoms with van der Waals surface area (Å²) < 4.78 is 13.9. The monoisotopic (exact) mass is 404 g/mol. The Morgan fingerprint density at radius 3 is 2.59 bits per heavy atom. The average Bonchev–Trinajstić information content (AvgIpc) is 3.12. The van der Waals surface area contributed by atoms with Gasteiger partial charge >= 0.3 is 0 Å². The summed E-state index contributed by atoms with van der Waals surface area (Å²) in [5, 5.41) is 2.91. The van der Waals surface area contributed by atoms with E-state index in [4.69, 9.17) is 5.73 Å². The minimum absolute atomic E-state index is 0.286. The fraction of sp³-hybridized carbons (Fsp3) is 0. The Kier molecular flexibility index (Phi) is 3.88. The zero-order valence-electron chi connectivity index (χ0n) is 14.8. The van der Waals surface area contributed by atoms with Gasteiger partial charge in [0.05, 0.1) is 16.4 Å². The van der Waals surface area contributed by atoms with Gasteiger partial charge in [-0.2, -0.15) is 0 Å². The molecule has 3 aromatic carbocycles. The number of H-pyrrole nitrogens is 2. The van der Waals surface area contributed by atoms with Gasteiger partial charge in [0.2, 0.25) is 5.91 Å². The number of primary amides is 1. The topological polar surface area (TPSA) is 105 Å². The number of carbonyl (C=O) groups excluding carboxylic acids is 1. The highest BCUT2D eigenvalue weighted by molar-refractivity contribution is 7.99. The molecule has 0 radical (unpaired) electrons. The molecule has 0 bridgehead atoms. The third-order valence-corrected chi connectivity index (χ3v) is 5.67. The summed E-state index contributed by atoms with van der Waals surface area (Å²) >= 11 is 1.38. The van der Waals surface area contributed by atoms with E-state index in [9.17, 15) is 14.0 Å². The Morgan fingerprint density at radius 1 is 1.03 bits per heavy atom. The first kappa shape index (κ1) is 17.4.